The van der Waals surface area contributed by atoms with Crippen LogP contribution < -0.4 is 9.64 Å². The Morgan fingerprint density at radius 3 is 2.26 bits per heavy atom. The molecule has 4 heterocycles. The normalized spacial score (nSPS) is 23.0. The van der Waals surface area contributed by atoms with Gasteiger partial charge in [-0.05, 0) is 37.8 Å². The van der Waals surface area contributed by atoms with Gasteiger partial charge in [0.2, 0.25) is 11.8 Å². The summed E-state index contributed by atoms with van der Waals surface area (Å²) >= 11 is 0. The van der Waals surface area contributed by atoms with Crippen molar-refractivity contribution in [3.05, 3.63) is 36.2 Å². The molecule has 2 aliphatic heterocycles. The van der Waals surface area contributed by atoms with E-state index in [0.717, 1.165) is 52.0 Å². The number of aromatic nitrogens is 4. The first kappa shape index (κ1) is 27.0. The summed E-state index contributed by atoms with van der Waals surface area (Å²) in [6.45, 7) is 5.94. The molecular formula is C26H33ClF2N6O3. The SMILES string of the molecule is Cl.FC(F)c1nc2ccccc2n1-c1cc(O[C@H]2CC[C@H](N3CCOCC3)CC2)nc(N2CCOCC2)n1. The molecule has 206 valence electrons. The number of halogens is 3. The van der Waals surface area contributed by atoms with Crippen molar-refractivity contribution in [2.45, 2.75) is 44.3 Å². The molecule has 2 saturated heterocycles. The van der Waals surface area contributed by atoms with Gasteiger partial charge in [-0.25, -0.2) is 13.8 Å². The summed E-state index contributed by atoms with van der Waals surface area (Å²) in [4.78, 5) is 18.1. The molecule has 3 aliphatic rings. The minimum Gasteiger partial charge on any atom is -0.474 e. The van der Waals surface area contributed by atoms with E-state index >= 15 is 0 Å². The fraction of sp³-hybridized carbons (Fsp3) is 0.577. The number of nitrogens with zero attached hydrogens (tertiary/aromatic N) is 6. The zero-order valence-corrected chi connectivity index (χ0v) is 22.0. The van der Waals surface area contributed by atoms with Crippen LogP contribution in [0.25, 0.3) is 16.9 Å². The summed E-state index contributed by atoms with van der Waals surface area (Å²) in [5.74, 6) is 0.845. The van der Waals surface area contributed by atoms with E-state index in [9.17, 15) is 8.78 Å². The number of fused-ring (bicyclic) bond motifs is 1. The Morgan fingerprint density at radius 1 is 0.868 bits per heavy atom. The van der Waals surface area contributed by atoms with E-state index in [2.05, 4.69) is 9.88 Å². The van der Waals surface area contributed by atoms with E-state index < -0.39 is 6.43 Å². The smallest absolute Gasteiger partial charge is 0.296 e. The van der Waals surface area contributed by atoms with Crippen LogP contribution in [0.15, 0.2) is 30.3 Å². The van der Waals surface area contributed by atoms with Gasteiger partial charge in [0, 0.05) is 38.3 Å². The van der Waals surface area contributed by atoms with Crippen LogP contribution in [0.5, 0.6) is 5.88 Å². The lowest BCUT2D eigenvalue weighted by molar-refractivity contribution is -0.00139. The molecule has 3 fully saturated rings. The monoisotopic (exact) mass is 550 g/mol. The van der Waals surface area contributed by atoms with Crippen LogP contribution in [0.1, 0.15) is 37.9 Å². The van der Waals surface area contributed by atoms with Gasteiger partial charge in [-0.2, -0.15) is 9.97 Å². The first-order valence-corrected chi connectivity index (χ1v) is 13.1. The van der Waals surface area contributed by atoms with Crippen molar-refractivity contribution in [3.8, 4) is 11.7 Å². The van der Waals surface area contributed by atoms with Crippen LogP contribution in [0, 0.1) is 0 Å². The molecular weight excluding hydrogens is 518 g/mol. The van der Waals surface area contributed by atoms with Crippen molar-refractivity contribution in [2.24, 2.45) is 0 Å². The fourth-order valence-electron chi connectivity index (χ4n) is 5.55. The van der Waals surface area contributed by atoms with Crippen LogP contribution >= 0.6 is 12.4 Å². The van der Waals surface area contributed by atoms with Crippen molar-refractivity contribution in [1.29, 1.82) is 0 Å². The third kappa shape index (κ3) is 5.70. The van der Waals surface area contributed by atoms with Gasteiger partial charge < -0.3 is 19.1 Å². The zero-order valence-electron chi connectivity index (χ0n) is 21.2. The molecule has 1 saturated carbocycles. The van der Waals surface area contributed by atoms with E-state index in [0.29, 0.717) is 61.0 Å². The minimum absolute atomic E-state index is 0. The molecule has 6 rings (SSSR count). The summed E-state index contributed by atoms with van der Waals surface area (Å²) in [7, 11) is 0. The Kier molecular flexibility index (Phi) is 8.57. The highest BCUT2D eigenvalue weighted by molar-refractivity contribution is 5.85. The standard InChI is InChI=1S/C26H32F2N6O3.ClH/c27-24(28)25-29-20-3-1-2-4-21(20)34(25)22-17-23(31-26(30-22)33-11-15-36-16-12-33)37-19-7-5-18(6-8-19)32-9-13-35-14-10-32;/h1-4,17-19,24H,5-16H2;1H/t18-,19-;. The molecule has 2 aromatic heterocycles. The average Bonchev–Trinajstić information content (AvgIpc) is 3.35. The van der Waals surface area contributed by atoms with E-state index in [1.807, 2.05) is 11.0 Å². The predicted octanol–water partition coefficient (Wildman–Crippen LogP) is 4.03. The van der Waals surface area contributed by atoms with E-state index in [-0.39, 0.29) is 24.3 Å². The van der Waals surface area contributed by atoms with Gasteiger partial charge in [0.15, 0.2) is 5.82 Å². The molecule has 0 atom stereocenters. The molecule has 0 bridgehead atoms. The molecule has 0 N–H and O–H groups in total. The summed E-state index contributed by atoms with van der Waals surface area (Å²) in [6, 6.07) is 9.32. The molecule has 0 spiro atoms. The molecule has 0 unspecified atom stereocenters. The molecule has 3 aromatic rings. The van der Waals surface area contributed by atoms with E-state index in [1.54, 1.807) is 24.3 Å². The van der Waals surface area contributed by atoms with Gasteiger partial charge in [0.1, 0.15) is 11.9 Å². The lowest BCUT2D eigenvalue weighted by atomic mass is 9.91. The van der Waals surface area contributed by atoms with E-state index in [4.69, 9.17) is 24.2 Å². The van der Waals surface area contributed by atoms with Crippen LogP contribution in [-0.4, -0.2) is 89.2 Å². The summed E-state index contributed by atoms with van der Waals surface area (Å²) in [6.07, 6.45) is 1.22. The van der Waals surface area contributed by atoms with Crippen molar-refractivity contribution in [2.75, 3.05) is 57.5 Å². The molecule has 9 nitrogen and oxygen atoms in total. The second kappa shape index (κ2) is 12.1. The second-order valence-corrected chi connectivity index (χ2v) is 9.76. The van der Waals surface area contributed by atoms with Gasteiger partial charge >= 0.3 is 0 Å². The molecule has 1 aromatic carbocycles. The number of benzene rings is 1. The second-order valence-electron chi connectivity index (χ2n) is 9.76. The van der Waals surface area contributed by atoms with Crippen molar-refractivity contribution in [3.63, 3.8) is 0 Å². The lowest BCUT2D eigenvalue weighted by Gasteiger charge is -2.38. The first-order chi connectivity index (χ1) is 18.2. The van der Waals surface area contributed by atoms with Crippen LogP contribution in [0.4, 0.5) is 14.7 Å². The zero-order chi connectivity index (χ0) is 25.2. The highest BCUT2D eigenvalue weighted by Gasteiger charge is 2.29. The fourth-order valence-corrected chi connectivity index (χ4v) is 5.55. The third-order valence-corrected chi connectivity index (χ3v) is 7.48. The Morgan fingerprint density at radius 2 is 1.55 bits per heavy atom. The van der Waals surface area contributed by atoms with Crippen LogP contribution in [0.3, 0.4) is 0 Å². The number of imidazole rings is 1. The molecule has 1 aliphatic carbocycles. The summed E-state index contributed by atoms with van der Waals surface area (Å²) < 4.78 is 47.0. The summed E-state index contributed by atoms with van der Waals surface area (Å²) in [5, 5.41) is 0. The quantitative estimate of drug-likeness (QED) is 0.455. The number of morpholine rings is 2. The van der Waals surface area contributed by atoms with Gasteiger partial charge in [0.25, 0.3) is 6.43 Å². The average molecular weight is 551 g/mol. The van der Waals surface area contributed by atoms with Gasteiger partial charge in [0.05, 0.1) is 37.5 Å². The van der Waals surface area contributed by atoms with E-state index in [1.165, 1.54) is 4.57 Å². The number of para-hydroxylation sites is 2. The van der Waals surface area contributed by atoms with Gasteiger partial charge in [-0.15, -0.1) is 12.4 Å². The predicted molar refractivity (Wildman–Crippen MR) is 141 cm³/mol. The van der Waals surface area contributed by atoms with Crippen LogP contribution in [-0.2, 0) is 9.47 Å². The highest BCUT2D eigenvalue weighted by atomic mass is 35.5. The molecule has 0 amide bonds. The lowest BCUT2D eigenvalue weighted by Crippen LogP contribution is -2.46. The maximum Gasteiger partial charge on any atom is 0.296 e. The molecule has 38 heavy (non-hydrogen) atoms. The number of ether oxygens (including phenoxy) is 3. The Labute approximate surface area is 226 Å². The first-order valence-electron chi connectivity index (χ1n) is 13.1. The largest absolute Gasteiger partial charge is 0.474 e. The Balaban J connectivity index is 0.00000294. The van der Waals surface area contributed by atoms with Gasteiger partial charge in [-0.3, -0.25) is 9.47 Å². The molecule has 0 radical (unpaired) electrons. The number of hydrogen-bond donors (Lipinski definition) is 0. The number of rotatable bonds is 6. The maximum absolute atomic E-state index is 14.1. The Hall–Kier alpha value is -2.60. The minimum atomic E-state index is -2.76. The third-order valence-electron chi connectivity index (χ3n) is 7.48. The number of alkyl halides is 2. The Bertz CT molecular complexity index is 1210. The highest BCUT2D eigenvalue weighted by Crippen LogP contribution is 2.31. The van der Waals surface area contributed by atoms with Crippen molar-refractivity contribution >= 4 is 29.4 Å². The maximum atomic E-state index is 14.1. The molecule has 12 heteroatoms. The topological polar surface area (TPSA) is 77.8 Å². The number of hydrogen-bond acceptors (Lipinski definition) is 8. The summed E-state index contributed by atoms with van der Waals surface area (Å²) in [5.41, 5.74) is 1.06. The van der Waals surface area contributed by atoms with Gasteiger partial charge in [-0.1, -0.05) is 12.1 Å². The van der Waals surface area contributed by atoms with Crippen molar-refractivity contribution in [1.82, 2.24) is 24.4 Å². The number of anilines is 1. The van der Waals surface area contributed by atoms with Crippen molar-refractivity contribution < 1.29 is 23.0 Å². The van der Waals surface area contributed by atoms with Crippen LogP contribution in [0.2, 0.25) is 0 Å².